The summed E-state index contributed by atoms with van der Waals surface area (Å²) >= 11 is 0. The molecule has 7 rings (SSSR count). The first-order chi connectivity index (χ1) is 19.2. The Kier molecular flexibility index (Phi) is 5.48. The zero-order valence-electron chi connectivity index (χ0n) is 24.9. The Hall–Kier alpha value is -3.98. The summed E-state index contributed by atoms with van der Waals surface area (Å²) in [7, 11) is 2.13. The van der Waals surface area contributed by atoms with Crippen LogP contribution in [0.1, 0.15) is 81.5 Å². The van der Waals surface area contributed by atoms with E-state index in [0.29, 0.717) is 17.8 Å². The van der Waals surface area contributed by atoms with Crippen LogP contribution in [0.5, 0.6) is 0 Å². The fourth-order valence-electron chi connectivity index (χ4n) is 6.96. The number of pyridine rings is 1. The van der Waals surface area contributed by atoms with Gasteiger partial charge < -0.3 is 4.40 Å². The molecule has 0 N–H and O–H groups in total. The van der Waals surface area contributed by atoms with Crippen molar-refractivity contribution in [3.63, 3.8) is 0 Å². The summed E-state index contributed by atoms with van der Waals surface area (Å²) in [6.07, 6.45) is 2.00. The molecule has 0 bridgehead atoms. The third-order valence-electron chi connectivity index (χ3n) is 9.00. The van der Waals surface area contributed by atoms with Crippen molar-refractivity contribution in [3.8, 4) is 11.1 Å². The molecule has 4 aromatic carbocycles. The van der Waals surface area contributed by atoms with Gasteiger partial charge in [-0.15, -0.1) is 0 Å². The first-order valence-corrected chi connectivity index (χ1v) is 14.7. The van der Waals surface area contributed by atoms with Gasteiger partial charge in [-0.1, -0.05) is 84.0 Å². The summed E-state index contributed by atoms with van der Waals surface area (Å²) in [4.78, 5) is 5.05. The highest BCUT2D eigenvalue weighted by molar-refractivity contribution is 6.25. The standard InChI is InChI=1S/C37H38N3/c1-20(2)24-15-28(21(3)4)34(29(16-24)22(5)6)25-17-30-35-32(18-25)40-31-12-10-9-11-26(31)27-14-13-23(7)33(36(27)40)37(35)39(8)19-38-30/h9-22H,1-8H3/q+1. The van der Waals surface area contributed by atoms with Crippen LogP contribution in [0.3, 0.4) is 0 Å². The number of hydrogen-bond donors (Lipinski definition) is 0. The van der Waals surface area contributed by atoms with Gasteiger partial charge in [0.25, 0.3) is 6.33 Å². The predicted molar refractivity (Wildman–Crippen MR) is 170 cm³/mol. The Morgan fingerprint density at radius 3 is 2.10 bits per heavy atom. The highest BCUT2D eigenvalue weighted by Gasteiger charge is 2.26. The van der Waals surface area contributed by atoms with Crippen LogP contribution >= 0.6 is 0 Å². The monoisotopic (exact) mass is 524 g/mol. The summed E-state index contributed by atoms with van der Waals surface area (Å²) < 4.78 is 4.73. The number of nitrogens with zero attached hydrogens (tertiary/aromatic N) is 3. The molecule has 40 heavy (non-hydrogen) atoms. The van der Waals surface area contributed by atoms with E-state index < -0.39 is 0 Å². The second kappa shape index (κ2) is 8.76. The molecule has 0 amide bonds. The second-order valence-electron chi connectivity index (χ2n) is 12.6. The normalized spacial score (nSPS) is 12.7. The number of para-hydroxylation sites is 1. The second-order valence-corrected chi connectivity index (χ2v) is 12.6. The minimum atomic E-state index is 0.415. The number of rotatable bonds is 4. The molecule has 0 spiro atoms. The lowest BCUT2D eigenvalue weighted by Gasteiger charge is -2.23. The highest BCUT2D eigenvalue weighted by Crippen LogP contribution is 2.44. The van der Waals surface area contributed by atoms with Crippen molar-refractivity contribution < 1.29 is 4.57 Å². The third kappa shape index (κ3) is 3.36. The Bertz CT molecular complexity index is 2080. The van der Waals surface area contributed by atoms with Gasteiger partial charge >= 0.3 is 0 Å². The van der Waals surface area contributed by atoms with E-state index in [1.165, 1.54) is 77.0 Å². The van der Waals surface area contributed by atoms with Crippen molar-refractivity contribution in [1.82, 2.24) is 9.38 Å². The third-order valence-corrected chi connectivity index (χ3v) is 9.00. The fourth-order valence-corrected chi connectivity index (χ4v) is 6.96. The van der Waals surface area contributed by atoms with Crippen LogP contribution in [-0.2, 0) is 7.05 Å². The molecule has 3 heteroatoms. The maximum atomic E-state index is 5.05. The van der Waals surface area contributed by atoms with Crippen molar-refractivity contribution >= 4 is 49.1 Å². The molecule has 0 unspecified atom stereocenters. The molecule has 0 fully saturated rings. The van der Waals surface area contributed by atoms with E-state index >= 15 is 0 Å². The summed E-state index contributed by atoms with van der Waals surface area (Å²) in [5.41, 5.74) is 14.3. The molecule has 0 saturated heterocycles. The summed E-state index contributed by atoms with van der Waals surface area (Å²) in [6.45, 7) is 16.2. The number of aromatic nitrogens is 3. The summed E-state index contributed by atoms with van der Waals surface area (Å²) in [5.74, 6) is 1.32. The molecule has 0 saturated carbocycles. The van der Waals surface area contributed by atoms with E-state index in [2.05, 4.69) is 125 Å². The average molecular weight is 525 g/mol. The van der Waals surface area contributed by atoms with Crippen LogP contribution in [0.25, 0.3) is 60.3 Å². The lowest BCUT2D eigenvalue weighted by Crippen LogP contribution is -2.30. The molecule has 0 radical (unpaired) electrons. The quantitative estimate of drug-likeness (QED) is 0.128. The maximum absolute atomic E-state index is 5.05. The van der Waals surface area contributed by atoms with E-state index in [-0.39, 0.29) is 0 Å². The van der Waals surface area contributed by atoms with Gasteiger partial charge in [0.05, 0.1) is 29.0 Å². The molecule has 3 nitrogen and oxygen atoms in total. The molecule has 0 aliphatic heterocycles. The molecule has 0 aliphatic rings. The zero-order chi connectivity index (χ0) is 28.0. The van der Waals surface area contributed by atoms with Crippen LogP contribution in [0.15, 0.2) is 67.0 Å². The molecule has 200 valence electrons. The van der Waals surface area contributed by atoms with E-state index in [0.717, 1.165) is 5.52 Å². The van der Waals surface area contributed by atoms with Gasteiger partial charge in [-0.05, 0) is 81.2 Å². The van der Waals surface area contributed by atoms with Crippen molar-refractivity contribution in [2.45, 2.75) is 66.2 Å². The fraction of sp³-hybridized carbons (Fsp3) is 0.297. The average Bonchev–Trinajstić information content (AvgIpc) is 3.27. The SMILES string of the molecule is Cc1ccc2c3ccccc3n3c4cc(-c5c(C(C)C)cc(C(C)C)cc5C(C)C)cc5nc[n+](C)c(c1c23)c54. The zero-order valence-corrected chi connectivity index (χ0v) is 24.9. The van der Waals surface area contributed by atoms with E-state index in [9.17, 15) is 0 Å². The summed E-state index contributed by atoms with van der Waals surface area (Å²) in [5, 5.41) is 5.15. The van der Waals surface area contributed by atoms with Gasteiger partial charge in [0.1, 0.15) is 5.52 Å². The number of benzene rings is 4. The van der Waals surface area contributed by atoms with Gasteiger partial charge in [-0.3, -0.25) is 0 Å². The van der Waals surface area contributed by atoms with Gasteiger partial charge in [-0.2, -0.15) is 0 Å². The molecule has 3 heterocycles. The largest absolute Gasteiger partial charge is 0.308 e. The smallest absolute Gasteiger partial charge is 0.287 e. The van der Waals surface area contributed by atoms with Crippen LogP contribution in [0.4, 0.5) is 0 Å². The molecular weight excluding hydrogens is 486 g/mol. The molecular formula is C37H38N3+. The molecule has 7 aromatic rings. The predicted octanol–water partition coefficient (Wildman–Crippen LogP) is 9.56. The van der Waals surface area contributed by atoms with Crippen molar-refractivity contribution in [2.75, 3.05) is 0 Å². The van der Waals surface area contributed by atoms with Gasteiger partial charge in [0.2, 0.25) is 0 Å². The van der Waals surface area contributed by atoms with E-state index in [1.807, 2.05) is 6.33 Å². The van der Waals surface area contributed by atoms with Gasteiger partial charge in [0, 0.05) is 16.2 Å². The van der Waals surface area contributed by atoms with E-state index in [4.69, 9.17) is 4.98 Å². The van der Waals surface area contributed by atoms with Crippen LogP contribution in [0, 0.1) is 6.92 Å². The Balaban J connectivity index is 1.74. The molecule has 3 aromatic heterocycles. The first kappa shape index (κ1) is 25.0. The number of hydrogen-bond acceptors (Lipinski definition) is 1. The minimum absolute atomic E-state index is 0.415. The van der Waals surface area contributed by atoms with Gasteiger partial charge in [0.15, 0.2) is 5.52 Å². The topological polar surface area (TPSA) is 21.2 Å². The van der Waals surface area contributed by atoms with Gasteiger partial charge in [-0.25, -0.2) is 4.57 Å². The number of aryl methyl sites for hydroxylation is 2. The lowest BCUT2D eigenvalue weighted by molar-refractivity contribution is -0.646. The summed E-state index contributed by atoms with van der Waals surface area (Å²) in [6, 6.07) is 23.1. The first-order valence-electron chi connectivity index (χ1n) is 14.7. The minimum Gasteiger partial charge on any atom is -0.308 e. The van der Waals surface area contributed by atoms with Crippen molar-refractivity contribution in [1.29, 1.82) is 0 Å². The van der Waals surface area contributed by atoms with Crippen molar-refractivity contribution in [3.05, 3.63) is 89.2 Å². The number of fused-ring (bicyclic) bond motifs is 5. The van der Waals surface area contributed by atoms with Crippen LogP contribution in [-0.4, -0.2) is 9.38 Å². The Labute approximate surface area is 236 Å². The van der Waals surface area contributed by atoms with E-state index in [1.54, 1.807) is 0 Å². The Morgan fingerprint density at radius 1 is 0.725 bits per heavy atom. The maximum Gasteiger partial charge on any atom is 0.287 e. The Morgan fingerprint density at radius 2 is 1.43 bits per heavy atom. The van der Waals surface area contributed by atoms with Crippen LogP contribution in [0.2, 0.25) is 0 Å². The van der Waals surface area contributed by atoms with Crippen molar-refractivity contribution in [2.24, 2.45) is 7.05 Å². The lowest BCUT2D eigenvalue weighted by atomic mass is 9.81. The van der Waals surface area contributed by atoms with Crippen LogP contribution < -0.4 is 4.57 Å². The highest BCUT2D eigenvalue weighted by atomic mass is 15.0. The molecule has 0 aliphatic carbocycles. The molecule has 0 atom stereocenters.